The summed E-state index contributed by atoms with van der Waals surface area (Å²) in [7, 11) is 0. The Labute approximate surface area is 141 Å². The Hall–Kier alpha value is -2.68. The van der Waals surface area contributed by atoms with Gasteiger partial charge in [-0.1, -0.05) is 0 Å². The average molecular weight is 347 g/mol. The average Bonchev–Trinajstić information content (AvgIpc) is 3.25. The van der Waals surface area contributed by atoms with Gasteiger partial charge in [0.2, 0.25) is 17.1 Å². The summed E-state index contributed by atoms with van der Waals surface area (Å²) in [5.74, 6) is 0.919. The zero-order valence-corrected chi connectivity index (χ0v) is 13.4. The lowest BCUT2D eigenvalue weighted by atomic mass is 9.97. The van der Waals surface area contributed by atoms with Crippen LogP contribution in [0, 0.1) is 5.92 Å². The number of hydrogen-bond donors (Lipinski definition) is 3. The number of anilines is 2. The Morgan fingerprint density at radius 3 is 3.08 bits per heavy atom. The Bertz CT molecular complexity index is 861. The summed E-state index contributed by atoms with van der Waals surface area (Å²) in [5.41, 5.74) is 1.25. The lowest BCUT2D eigenvalue weighted by Crippen LogP contribution is -2.41. The van der Waals surface area contributed by atoms with E-state index in [0.29, 0.717) is 24.0 Å². The zero-order valence-electron chi connectivity index (χ0n) is 12.7. The first-order valence-electron chi connectivity index (χ1n) is 7.62. The van der Waals surface area contributed by atoms with Gasteiger partial charge in [-0.2, -0.15) is 9.97 Å². The van der Waals surface area contributed by atoms with Gasteiger partial charge in [-0.15, -0.1) is 0 Å². The molecule has 1 atom stereocenters. The van der Waals surface area contributed by atoms with Crippen molar-refractivity contribution in [2.75, 3.05) is 23.3 Å². The first-order valence-corrected chi connectivity index (χ1v) is 8.00. The molecule has 0 unspecified atom stereocenters. The van der Waals surface area contributed by atoms with E-state index in [1.807, 2.05) is 4.90 Å². The first kappa shape index (κ1) is 14.9. The van der Waals surface area contributed by atoms with Crippen molar-refractivity contribution in [3.8, 4) is 0 Å². The minimum absolute atomic E-state index is 0.0596. The summed E-state index contributed by atoms with van der Waals surface area (Å²) in [6.07, 6.45) is 6.52. The molecule has 3 aromatic heterocycles. The molecule has 1 aliphatic heterocycles. The van der Waals surface area contributed by atoms with Crippen LogP contribution in [0.4, 0.5) is 11.8 Å². The fourth-order valence-corrected chi connectivity index (χ4v) is 3.12. The maximum Gasteiger partial charge on any atom is 0.231 e. The fraction of sp³-hybridized carbons (Fsp3) is 0.357. The first-order chi connectivity index (χ1) is 11.7. The van der Waals surface area contributed by atoms with Crippen LogP contribution in [0.25, 0.3) is 11.2 Å². The monoisotopic (exact) mass is 346 g/mol. The predicted molar refractivity (Wildman–Crippen MR) is 88.8 cm³/mol. The van der Waals surface area contributed by atoms with Crippen LogP contribution < -0.4 is 10.2 Å². The van der Waals surface area contributed by atoms with E-state index in [-0.39, 0.29) is 17.1 Å². The number of fused-ring (bicyclic) bond motifs is 1. The van der Waals surface area contributed by atoms with Crippen molar-refractivity contribution in [3.05, 3.63) is 24.0 Å². The molecule has 0 aromatic carbocycles. The second-order valence-corrected chi connectivity index (χ2v) is 5.97. The van der Waals surface area contributed by atoms with Gasteiger partial charge in [0, 0.05) is 25.5 Å². The summed E-state index contributed by atoms with van der Waals surface area (Å²) in [6, 6.07) is 0. The van der Waals surface area contributed by atoms with Crippen LogP contribution in [0.5, 0.6) is 0 Å². The number of rotatable bonds is 3. The molecule has 0 aliphatic carbocycles. The number of carbonyl (C=O) groups excluding carboxylic acids is 1. The van der Waals surface area contributed by atoms with Gasteiger partial charge in [0.15, 0.2) is 11.5 Å². The molecule has 3 aromatic rings. The largest absolute Gasteiger partial charge is 0.354 e. The number of amides is 1. The lowest BCUT2D eigenvalue weighted by Gasteiger charge is -2.32. The Morgan fingerprint density at radius 1 is 1.33 bits per heavy atom. The van der Waals surface area contributed by atoms with Gasteiger partial charge in [-0.05, 0) is 24.4 Å². The molecule has 10 heteroatoms. The number of piperidine rings is 1. The van der Waals surface area contributed by atoms with E-state index in [1.165, 1.54) is 0 Å². The number of hydrogen-bond acceptors (Lipinski definition) is 6. The molecule has 124 valence electrons. The highest BCUT2D eigenvalue weighted by molar-refractivity contribution is 6.28. The molecular weight excluding hydrogens is 332 g/mol. The molecule has 4 rings (SSSR count). The van der Waals surface area contributed by atoms with Crippen molar-refractivity contribution in [2.24, 2.45) is 5.92 Å². The minimum Gasteiger partial charge on any atom is -0.354 e. The van der Waals surface area contributed by atoms with Crippen molar-refractivity contribution in [3.63, 3.8) is 0 Å². The van der Waals surface area contributed by atoms with E-state index >= 15 is 0 Å². The van der Waals surface area contributed by atoms with Gasteiger partial charge in [-0.3, -0.25) is 10.1 Å². The van der Waals surface area contributed by atoms with Gasteiger partial charge < -0.3 is 14.9 Å². The normalized spacial score (nSPS) is 18.0. The number of halogens is 1. The van der Waals surface area contributed by atoms with Gasteiger partial charge >= 0.3 is 0 Å². The summed E-state index contributed by atoms with van der Waals surface area (Å²) in [6.45, 7) is 1.35. The van der Waals surface area contributed by atoms with Gasteiger partial charge in [0.25, 0.3) is 0 Å². The molecule has 3 N–H and O–H groups in total. The molecule has 24 heavy (non-hydrogen) atoms. The molecule has 0 bridgehead atoms. The van der Waals surface area contributed by atoms with E-state index in [4.69, 9.17) is 11.6 Å². The highest BCUT2D eigenvalue weighted by atomic mass is 35.5. The van der Waals surface area contributed by atoms with Crippen molar-refractivity contribution in [1.82, 2.24) is 29.9 Å². The number of carbonyl (C=O) groups is 1. The van der Waals surface area contributed by atoms with E-state index in [9.17, 15) is 4.79 Å². The molecule has 0 saturated carbocycles. The molecule has 0 radical (unpaired) electrons. The fourth-order valence-electron chi connectivity index (χ4n) is 2.96. The number of nitrogens with one attached hydrogen (secondary N) is 3. The summed E-state index contributed by atoms with van der Waals surface area (Å²) in [4.78, 5) is 37.0. The zero-order chi connectivity index (χ0) is 16.5. The maximum atomic E-state index is 12.4. The van der Waals surface area contributed by atoms with Crippen molar-refractivity contribution < 1.29 is 4.79 Å². The molecule has 1 saturated heterocycles. The highest BCUT2D eigenvalue weighted by Crippen LogP contribution is 2.27. The van der Waals surface area contributed by atoms with E-state index < -0.39 is 0 Å². The lowest BCUT2D eigenvalue weighted by molar-refractivity contribution is -0.120. The summed E-state index contributed by atoms with van der Waals surface area (Å²) >= 11 is 6.00. The molecule has 4 heterocycles. The molecule has 0 spiro atoms. The van der Waals surface area contributed by atoms with Crippen LogP contribution in [0.2, 0.25) is 5.28 Å². The second-order valence-electron chi connectivity index (χ2n) is 5.63. The van der Waals surface area contributed by atoms with Gasteiger partial charge in [0.05, 0.1) is 12.2 Å². The topological polar surface area (TPSA) is 115 Å². The third-order valence-electron chi connectivity index (χ3n) is 4.07. The number of imidazole rings is 2. The van der Waals surface area contributed by atoms with Crippen molar-refractivity contribution in [2.45, 2.75) is 12.8 Å². The third kappa shape index (κ3) is 2.78. The molecule has 9 nitrogen and oxygen atoms in total. The van der Waals surface area contributed by atoms with Crippen LogP contribution in [0.3, 0.4) is 0 Å². The standard InChI is InChI=1S/C14H15ClN8O/c15-13-20-10-9(18-7-19-10)11(21-13)23-5-1-2-8(6-23)12(24)22-14-16-3-4-17-14/h3-4,7-8H,1-2,5-6H2,(H2,16,17,22,24)(H,18,19,20,21)/t8-/m0/s1. The molecular formula is C14H15ClN8O. The SMILES string of the molecule is O=C(Nc1ncc[nH]1)[C@H]1CCCN(c2nc(Cl)nc3nc[nH]c23)C1. The smallest absolute Gasteiger partial charge is 0.231 e. The number of aromatic nitrogens is 6. The van der Waals surface area contributed by atoms with E-state index in [2.05, 4.69) is 35.2 Å². The number of aromatic amines is 2. The van der Waals surface area contributed by atoms with Gasteiger partial charge in [-0.25, -0.2) is 9.97 Å². The minimum atomic E-state index is -0.157. The Kier molecular flexibility index (Phi) is 3.77. The van der Waals surface area contributed by atoms with Gasteiger partial charge in [0.1, 0.15) is 5.52 Å². The van der Waals surface area contributed by atoms with Crippen LogP contribution in [0.1, 0.15) is 12.8 Å². The maximum absolute atomic E-state index is 12.4. The van der Waals surface area contributed by atoms with Crippen LogP contribution in [-0.4, -0.2) is 48.9 Å². The number of H-pyrrole nitrogens is 2. The quantitative estimate of drug-likeness (QED) is 0.620. The summed E-state index contributed by atoms with van der Waals surface area (Å²) < 4.78 is 0. The molecule has 1 fully saturated rings. The number of nitrogens with zero attached hydrogens (tertiary/aromatic N) is 5. The van der Waals surface area contributed by atoms with Crippen molar-refractivity contribution in [1.29, 1.82) is 0 Å². The third-order valence-corrected chi connectivity index (χ3v) is 4.24. The molecule has 1 aliphatic rings. The van der Waals surface area contributed by atoms with Crippen molar-refractivity contribution >= 4 is 40.4 Å². The predicted octanol–water partition coefficient (Wildman–Crippen LogP) is 1.58. The van der Waals surface area contributed by atoms with E-state index in [1.54, 1.807) is 18.7 Å². The Balaban J connectivity index is 1.56. The Morgan fingerprint density at radius 2 is 2.25 bits per heavy atom. The highest BCUT2D eigenvalue weighted by Gasteiger charge is 2.28. The van der Waals surface area contributed by atoms with Crippen LogP contribution in [0.15, 0.2) is 18.7 Å². The second kappa shape index (κ2) is 6.08. The van der Waals surface area contributed by atoms with Crippen LogP contribution in [-0.2, 0) is 4.79 Å². The van der Waals surface area contributed by atoms with Crippen LogP contribution >= 0.6 is 11.6 Å². The summed E-state index contributed by atoms with van der Waals surface area (Å²) in [5, 5.41) is 2.94. The van der Waals surface area contributed by atoms with E-state index in [0.717, 1.165) is 24.9 Å². The molecule has 1 amide bonds.